The van der Waals surface area contributed by atoms with E-state index in [-0.39, 0.29) is 24.2 Å². The van der Waals surface area contributed by atoms with Crippen LogP contribution >= 0.6 is 0 Å². The summed E-state index contributed by atoms with van der Waals surface area (Å²) in [4.78, 5) is 26.1. The second-order valence-electron chi connectivity index (χ2n) is 8.90. The Balaban J connectivity index is 2.13. The molecule has 1 aliphatic rings. The van der Waals surface area contributed by atoms with Gasteiger partial charge in [0.2, 0.25) is 5.91 Å². The number of rotatable bonds is 6. The lowest BCUT2D eigenvalue weighted by atomic mass is 10.1. The van der Waals surface area contributed by atoms with E-state index in [1.807, 2.05) is 44.5 Å². The summed E-state index contributed by atoms with van der Waals surface area (Å²) in [5.74, 6) is 3.33. The van der Waals surface area contributed by atoms with Crippen molar-refractivity contribution >= 4 is 23.2 Å². The maximum Gasteiger partial charge on any atom is 0.242 e. The first kappa shape index (κ1) is 26.1. The third kappa shape index (κ3) is 7.15. The SMILES string of the molecule is C#CC1=C(N=C(C)C)CCN(C(=O)CN(C)C(=NC(=C)c2ccc(F)c(C)c2)C(C)C)CC1. The van der Waals surface area contributed by atoms with E-state index in [2.05, 4.69) is 17.5 Å². The Morgan fingerprint density at radius 3 is 2.55 bits per heavy atom. The molecule has 176 valence electrons. The molecule has 0 saturated heterocycles. The van der Waals surface area contributed by atoms with Crippen molar-refractivity contribution in [2.45, 2.75) is 47.5 Å². The first-order valence-corrected chi connectivity index (χ1v) is 11.3. The second-order valence-corrected chi connectivity index (χ2v) is 8.90. The molecule has 2 rings (SSSR count). The molecule has 0 bridgehead atoms. The van der Waals surface area contributed by atoms with Gasteiger partial charge in [0.1, 0.15) is 11.7 Å². The lowest BCUT2D eigenvalue weighted by Gasteiger charge is -2.28. The standard InChI is InChI=1S/C27H35FN4O/c1-9-22-12-14-32(15-13-25(22)29-19(4)5)26(33)17-31(8)27(18(2)3)30-21(7)23-10-11-24(28)20(6)16-23/h1,10-11,16,18H,7,12-15,17H2,2-6,8H3. The van der Waals surface area contributed by atoms with Crippen LogP contribution in [0, 0.1) is 31.0 Å². The molecule has 0 radical (unpaired) electrons. The van der Waals surface area contributed by atoms with Gasteiger partial charge in [0.05, 0.1) is 17.9 Å². The molecule has 0 spiro atoms. The molecule has 0 aromatic heterocycles. The second kappa shape index (κ2) is 11.6. The monoisotopic (exact) mass is 450 g/mol. The molecule has 0 N–H and O–H groups in total. The van der Waals surface area contributed by atoms with Crippen LogP contribution in [-0.4, -0.2) is 53.9 Å². The van der Waals surface area contributed by atoms with Crippen LogP contribution in [0.2, 0.25) is 0 Å². The molecule has 0 unspecified atom stereocenters. The molecule has 1 aromatic rings. The van der Waals surface area contributed by atoms with Gasteiger partial charge in [0.25, 0.3) is 0 Å². The molecule has 1 aliphatic heterocycles. The maximum atomic E-state index is 13.6. The summed E-state index contributed by atoms with van der Waals surface area (Å²) in [6, 6.07) is 4.82. The number of aliphatic imine (C=N–C) groups is 2. The van der Waals surface area contributed by atoms with Crippen molar-refractivity contribution in [3.63, 3.8) is 0 Å². The average molecular weight is 451 g/mol. The Morgan fingerprint density at radius 2 is 1.97 bits per heavy atom. The summed E-state index contributed by atoms with van der Waals surface area (Å²) in [6.45, 7) is 15.1. The van der Waals surface area contributed by atoms with Gasteiger partial charge in [-0.05, 0) is 51.0 Å². The number of halogens is 1. The number of carbonyl (C=O) groups excluding carboxylic acids is 1. The zero-order valence-electron chi connectivity index (χ0n) is 20.7. The topological polar surface area (TPSA) is 48.3 Å². The third-order valence-electron chi connectivity index (χ3n) is 5.50. The van der Waals surface area contributed by atoms with Crippen LogP contribution in [0.3, 0.4) is 0 Å². The summed E-state index contributed by atoms with van der Waals surface area (Å²) in [5.41, 5.74) is 4.56. The third-order valence-corrected chi connectivity index (χ3v) is 5.50. The highest BCUT2D eigenvalue weighted by Gasteiger charge is 2.22. The predicted molar refractivity (Wildman–Crippen MR) is 136 cm³/mol. The fraction of sp³-hybridized carbons (Fsp3) is 0.444. The molecule has 33 heavy (non-hydrogen) atoms. The molecular weight excluding hydrogens is 415 g/mol. The zero-order valence-corrected chi connectivity index (χ0v) is 20.7. The number of hydrogen-bond acceptors (Lipinski definition) is 3. The van der Waals surface area contributed by atoms with Gasteiger partial charge in [0.15, 0.2) is 0 Å². The Morgan fingerprint density at radius 1 is 1.30 bits per heavy atom. The predicted octanol–water partition coefficient (Wildman–Crippen LogP) is 5.08. The van der Waals surface area contributed by atoms with E-state index in [0.29, 0.717) is 37.2 Å². The minimum Gasteiger partial charge on any atom is -0.354 e. The van der Waals surface area contributed by atoms with Crippen molar-refractivity contribution in [2.24, 2.45) is 15.9 Å². The highest BCUT2D eigenvalue weighted by molar-refractivity contribution is 5.92. The van der Waals surface area contributed by atoms with Crippen LogP contribution in [0.5, 0.6) is 0 Å². The molecule has 0 fully saturated rings. The summed E-state index contributed by atoms with van der Waals surface area (Å²) in [5, 5.41) is 0. The van der Waals surface area contributed by atoms with Crippen molar-refractivity contribution in [1.82, 2.24) is 9.80 Å². The largest absolute Gasteiger partial charge is 0.354 e. The van der Waals surface area contributed by atoms with Crippen molar-refractivity contribution in [1.29, 1.82) is 0 Å². The van der Waals surface area contributed by atoms with Gasteiger partial charge >= 0.3 is 0 Å². The number of amides is 1. The first-order chi connectivity index (χ1) is 15.5. The summed E-state index contributed by atoms with van der Waals surface area (Å²) < 4.78 is 13.6. The van der Waals surface area contributed by atoms with Gasteiger partial charge < -0.3 is 9.80 Å². The molecule has 5 nitrogen and oxygen atoms in total. The van der Waals surface area contributed by atoms with Crippen LogP contribution in [0.4, 0.5) is 4.39 Å². The minimum atomic E-state index is -0.259. The Hall–Kier alpha value is -3.20. The average Bonchev–Trinajstić information content (AvgIpc) is 2.95. The van der Waals surface area contributed by atoms with E-state index in [9.17, 15) is 9.18 Å². The number of benzene rings is 1. The zero-order chi connectivity index (χ0) is 24.7. The number of hydrogen-bond donors (Lipinski definition) is 0. The molecular formula is C27H35FN4O. The van der Waals surface area contributed by atoms with E-state index >= 15 is 0 Å². The Labute approximate surface area is 197 Å². The number of carbonyl (C=O) groups is 1. The molecule has 1 amide bonds. The lowest BCUT2D eigenvalue weighted by molar-refractivity contribution is -0.131. The van der Waals surface area contributed by atoms with Crippen molar-refractivity contribution in [2.75, 3.05) is 26.7 Å². The molecule has 0 saturated carbocycles. The van der Waals surface area contributed by atoms with Gasteiger partial charge in [-0.25, -0.2) is 9.38 Å². The van der Waals surface area contributed by atoms with Gasteiger partial charge in [0, 0.05) is 49.3 Å². The van der Waals surface area contributed by atoms with Crippen molar-refractivity contribution in [3.8, 4) is 12.3 Å². The minimum absolute atomic E-state index is 0.0175. The fourth-order valence-corrected chi connectivity index (χ4v) is 3.76. The highest BCUT2D eigenvalue weighted by atomic mass is 19.1. The molecule has 0 aliphatic carbocycles. The Kier molecular flexibility index (Phi) is 9.16. The van der Waals surface area contributed by atoms with E-state index in [1.54, 1.807) is 19.1 Å². The molecule has 1 aromatic carbocycles. The highest BCUT2D eigenvalue weighted by Crippen LogP contribution is 2.21. The number of nitrogens with zero attached hydrogens (tertiary/aromatic N) is 4. The first-order valence-electron chi connectivity index (χ1n) is 11.3. The summed E-state index contributed by atoms with van der Waals surface area (Å²) >= 11 is 0. The smallest absolute Gasteiger partial charge is 0.242 e. The van der Waals surface area contributed by atoms with Crippen LogP contribution in [-0.2, 0) is 4.79 Å². The summed E-state index contributed by atoms with van der Waals surface area (Å²) in [7, 11) is 1.86. The number of aryl methyl sites for hydroxylation is 1. The molecule has 0 atom stereocenters. The maximum absolute atomic E-state index is 13.6. The van der Waals surface area contributed by atoms with Crippen molar-refractivity contribution in [3.05, 3.63) is 53.0 Å². The van der Waals surface area contributed by atoms with E-state index in [4.69, 9.17) is 11.4 Å². The quantitative estimate of drug-likeness (QED) is 0.345. The number of terminal acetylenes is 1. The van der Waals surface area contributed by atoms with E-state index < -0.39 is 0 Å². The number of likely N-dealkylation sites (N-methyl/N-ethyl adjacent to an activating group) is 1. The van der Waals surface area contributed by atoms with Gasteiger partial charge in [-0.2, -0.15) is 0 Å². The van der Waals surface area contributed by atoms with Crippen LogP contribution in [0.1, 0.15) is 51.7 Å². The number of amidine groups is 1. The molecule has 1 heterocycles. The normalized spacial score (nSPS) is 14.6. The Bertz CT molecular complexity index is 1040. The van der Waals surface area contributed by atoms with E-state index in [0.717, 1.165) is 28.4 Å². The fourth-order valence-electron chi connectivity index (χ4n) is 3.76. The van der Waals surface area contributed by atoms with Crippen LogP contribution in [0.15, 0.2) is 46.0 Å². The van der Waals surface area contributed by atoms with Crippen LogP contribution in [0.25, 0.3) is 5.70 Å². The van der Waals surface area contributed by atoms with Crippen molar-refractivity contribution < 1.29 is 9.18 Å². The summed E-state index contributed by atoms with van der Waals surface area (Å²) in [6.07, 6.45) is 6.97. The molecule has 6 heteroatoms. The van der Waals surface area contributed by atoms with Gasteiger partial charge in [-0.15, -0.1) is 6.42 Å². The van der Waals surface area contributed by atoms with Gasteiger partial charge in [-0.1, -0.05) is 26.3 Å². The lowest BCUT2D eigenvalue weighted by Crippen LogP contribution is -2.43. The van der Waals surface area contributed by atoms with Crippen LogP contribution < -0.4 is 0 Å². The van der Waals surface area contributed by atoms with Gasteiger partial charge in [-0.3, -0.25) is 9.79 Å². The van der Waals surface area contributed by atoms with E-state index in [1.165, 1.54) is 6.07 Å².